The van der Waals surface area contributed by atoms with Gasteiger partial charge < -0.3 is 4.90 Å². The van der Waals surface area contributed by atoms with Crippen LogP contribution < -0.4 is 4.90 Å². The van der Waals surface area contributed by atoms with Gasteiger partial charge in [0.25, 0.3) is 0 Å². The molecule has 5 nitrogen and oxygen atoms in total. The van der Waals surface area contributed by atoms with Crippen LogP contribution in [0.4, 0.5) is 5.69 Å². The zero-order chi connectivity index (χ0) is 18.3. The maximum atomic E-state index is 12.7. The number of imide groups is 1. The van der Waals surface area contributed by atoms with Crippen molar-refractivity contribution in [3.8, 4) is 0 Å². The molecule has 1 aliphatic carbocycles. The Kier molecular flexibility index (Phi) is 4.23. The third kappa shape index (κ3) is 2.77. The molecule has 3 amide bonds. The summed E-state index contributed by atoms with van der Waals surface area (Å²) in [5.41, 5.74) is 0.755. The number of rotatable bonds is 3. The minimum absolute atomic E-state index is 0.167. The average molecular weight is 350 g/mol. The van der Waals surface area contributed by atoms with E-state index in [1.54, 1.807) is 7.05 Å². The highest BCUT2D eigenvalue weighted by molar-refractivity contribution is 6.09. The lowest BCUT2D eigenvalue weighted by Crippen LogP contribution is -2.41. The van der Waals surface area contributed by atoms with Crippen molar-refractivity contribution in [2.45, 2.75) is 25.7 Å². The van der Waals surface area contributed by atoms with Gasteiger partial charge in [-0.05, 0) is 35.7 Å². The van der Waals surface area contributed by atoms with Crippen molar-refractivity contribution >= 4 is 34.2 Å². The van der Waals surface area contributed by atoms with Crippen molar-refractivity contribution in [1.82, 2.24) is 4.90 Å². The first-order valence-corrected chi connectivity index (χ1v) is 9.17. The maximum Gasteiger partial charge on any atom is 0.246 e. The van der Waals surface area contributed by atoms with Gasteiger partial charge in [-0.15, -0.1) is 0 Å². The Morgan fingerprint density at radius 3 is 2.27 bits per heavy atom. The maximum absolute atomic E-state index is 12.7. The highest BCUT2D eigenvalue weighted by Gasteiger charge is 2.48. The molecule has 134 valence electrons. The predicted molar refractivity (Wildman–Crippen MR) is 99.5 cm³/mol. The number of likely N-dealkylation sites (tertiary alicyclic amines) is 1. The number of carbonyl (C=O) groups excluding carboxylic acids is 3. The van der Waals surface area contributed by atoms with Gasteiger partial charge in [0.2, 0.25) is 17.7 Å². The molecule has 0 N–H and O–H groups in total. The summed E-state index contributed by atoms with van der Waals surface area (Å²) in [4.78, 5) is 40.5. The molecule has 0 bridgehead atoms. The first kappa shape index (κ1) is 16.8. The molecule has 2 aliphatic rings. The number of anilines is 1. The summed E-state index contributed by atoms with van der Waals surface area (Å²) in [6, 6.07) is 13.7. The molecular weight excluding hydrogens is 328 g/mol. The molecule has 0 aromatic heterocycles. The van der Waals surface area contributed by atoms with Crippen molar-refractivity contribution in [2.24, 2.45) is 11.8 Å². The quantitative estimate of drug-likeness (QED) is 0.800. The molecular formula is C21H22N2O3. The van der Waals surface area contributed by atoms with Crippen molar-refractivity contribution < 1.29 is 14.4 Å². The third-order valence-corrected chi connectivity index (χ3v) is 5.72. The van der Waals surface area contributed by atoms with Crippen LogP contribution in [0, 0.1) is 11.8 Å². The van der Waals surface area contributed by atoms with Crippen molar-refractivity contribution in [2.75, 3.05) is 18.5 Å². The SMILES string of the molecule is CN(C(=O)CN1C(=O)C2CCCCC2C1=O)c1ccc2ccccc2c1. The van der Waals surface area contributed by atoms with E-state index in [-0.39, 0.29) is 36.1 Å². The van der Waals surface area contributed by atoms with Crippen LogP contribution >= 0.6 is 0 Å². The second-order valence-electron chi connectivity index (χ2n) is 7.24. The van der Waals surface area contributed by atoms with Crippen LogP contribution in [-0.2, 0) is 14.4 Å². The van der Waals surface area contributed by atoms with Crippen LogP contribution in [0.1, 0.15) is 25.7 Å². The smallest absolute Gasteiger partial charge is 0.246 e. The number of benzene rings is 2. The Labute approximate surface area is 152 Å². The van der Waals surface area contributed by atoms with Gasteiger partial charge in [0.15, 0.2) is 0 Å². The Bertz CT molecular complexity index is 868. The van der Waals surface area contributed by atoms with Gasteiger partial charge in [-0.2, -0.15) is 0 Å². The Morgan fingerprint density at radius 2 is 1.62 bits per heavy atom. The van der Waals surface area contributed by atoms with Gasteiger partial charge in [-0.25, -0.2) is 0 Å². The molecule has 1 saturated carbocycles. The van der Waals surface area contributed by atoms with Gasteiger partial charge in [0, 0.05) is 12.7 Å². The second kappa shape index (κ2) is 6.56. The number of carbonyl (C=O) groups is 3. The van der Waals surface area contributed by atoms with Crippen molar-refractivity contribution in [1.29, 1.82) is 0 Å². The first-order chi connectivity index (χ1) is 12.6. The molecule has 1 aliphatic heterocycles. The van der Waals surface area contributed by atoms with E-state index >= 15 is 0 Å². The zero-order valence-electron chi connectivity index (χ0n) is 14.9. The fourth-order valence-corrected chi connectivity index (χ4v) is 4.16. The molecule has 2 aromatic rings. The summed E-state index contributed by atoms with van der Waals surface area (Å²) in [6.07, 6.45) is 3.50. The number of likely N-dealkylation sites (N-methyl/N-ethyl adjacent to an activating group) is 1. The van der Waals surface area contributed by atoms with Crippen LogP contribution in [0.3, 0.4) is 0 Å². The molecule has 4 rings (SSSR count). The standard InChI is InChI=1S/C21H22N2O3/c1-22(16-11-10-14-6-2-3-7-15(14)12-16)19(24)13-23-20(25)17-8-4-5-9-18(17)21(23)26/h2-3,6-7,10-12,17-18H,4-5,8-9,13H2,1H3. The van der Waals surface area contributed by atoms with E-state index in [0.717, 1.165) is 42.1 Å². The number of hydrogen-bond donors (Lipinski definition) is 0. The summed E-state index contributed by atoms with van der Waals surface area (Å²) >= 11 is 0. The summed E-state index contributed by atoms with van der Waals surface area (Å²) in [6.45, 7) is -0.173. The van der Waals surface area contributed by atoms with Gasteiger partial charge in [-0.3, -0.25) is 19.3 Å². The van der Waals surface area contributed by atoms with E-state index in [2.05, 4.69) is 0 Å². The molecule has 2 aromatic carbocycles. The van der Waals surface area contributed by atoms with Crippen molar-refractivity contribution in [3.63, 3.8) is 0 Å². The van der Waals surface area contributed by atoms with Crippen LogP contribution in [-0.4, -0.2) is 36.2 Å². The molecule has 2 atom stereocenters. The van der Waals surface area contributed by atoms with Gasteiger partial charge in [0.05, 0.1) is 11.8 Å². The highest BCUT2D eigenvalue weighted by atomic mass is 16.2. The molecule has 2 fully saturated rings. The molecule has 1 saturated heterocycles. The Hall–Kier alpha value is -2.69. The van der Waals surface area contributed by atoms with Crippen LogP contribution in [0.15, 0.2) is 42.5 Å². The highest BCUT2D eigenvalue weighted by Crippen LogP contribution is 2.38. The lowest BCUT2D eigenvalue weighted by molar-refractivity contribution is -0.143. The molecule has 0 spiro atoms. The summed E-state index contributed by atoms with van der Waals surface area (Å²) in [7, 11) is 1.69. The summed E-state index contributed by atoms with van der Waals surface area (Å²) in [5.74, 6) is -1.01. The average Bonchev–Trinajstić information content (AvgIpc) is 2.92. The minimum atomic E-state index is -0.249. The van der Waals surface area contributed by atoms with E-state index in [0.29, 0.717) is 0 Å². The fourth-order valence-electron chi connectivity index (χ4n) is 4.16. The van der Waals surface area contributed by atoms with Crippen LogP contribution in [0.25, 0.3) is 10.8 Å². The van der Waals surface area contributed by atoms with Crippen LogP contribution in [0.5, 0.6) is 0 Å². The number of fused-ring (bicyclic) bond motifs is 2. The first-order valence-electron chi connectivity index (χ1n) is 9.17. The summed E-state index contributed by atoms with van der Waals surface area (Å²) in [5, 5.41) is 2.15. The predicted octanol–water partition coefficient (Wildman–Crippen LogP) is 2.98. The van der Waals surface area contributed by atoms with E-state index in [1.807, 2.05) is 42.5 Å². The molecule has 0 radical (unpaired) electrons. The number of amides is 3. The van der Waals surface area contributed by atoms with E-state index in [9.17, 15) is 14.4 Å². The minimum Gasteiger partial charge on any atom is -0.314 e. The number of nitrogens with zero attached hydrogens (tertiary/aromatic N) is 2. The normalized spacial score (nSPS) is 22.6. The van der Waals surface area contributed by atoms with E-state index < -0.39 is 0 Å². The van der Waals surface area contributed by atoms with Gasteiger partial charge in [0.1, 0.15) is 6.54 Å². The molecule has 1 heterocycles. The summed E-state index contributed by atoms with van der Waals surface area (Å²) < 4.78 is 0. The zero-order valence-corrected chi connectivity index (χ0v) is 14.9. The Morgan fingerprint density at radius 1 is 1.00 bits per heavy atom. The Balaban J connectivity index is 1.51. The van der Waals surface area contributed by atoms with Crippen LogP contribution in [0.2, 0.25) is 0 Å². The number of hydrogen-bond acceptors (Lipinski definition) is 3. The molecule has 2 unspecified atom stereocenters. The van der Waals surface area contributed by atoms with Gasteiger partial charge in [-0.1, -0.05) is 43.2 Å². The van der Waals surface area contributed by atoms with E-state index in [4.69, 9.17) is 0 Å². The molecule has 5 heteroatoms. The monoisotopic (exact) mass is 350 g/mol. The molecule has 26 heavy (non-hydrogen) atoms. The lowest BCUT2D eigenvalue weighted by Gasteiger charge is -2.21. The third-order valence-electron chi connectivity index (χ3n) is 5.72. The second-order valence-corrected chi connectivity index (χ2v) is 7.24. The van der Waals surface area contributed by atoms with Crippen molar-refractivity contribution in [3.05, 3.63) is 42.5 Å². The largest absolute Gasteiger partial charge is 0.314 e. The topological polar surface area (TPSA) is 57.7 Å². The fraction of sp³-hybridized carbons (Fsp3) is 0.381. The van der Waals surface area contributed by atoms with Gasteiger partial charge >= 0.3 is 0 Å². The lowest BCUT2D eigenvalue weighted by atomic mass is 9.81. The van der Waals surface area contributed by atoms with E-state index in [1.165, 1.54) is 9.80 Å².